The Morgan fingerprint density at radius 2 is 2.04 bits per heavy atom. The van der Waals surface area contributed by atoms with Gasteiger partial charge in [-0.2, -0.15) is 0 Å². The molecular weight excluding hydrogens is 378 g/mol. The maximum atomic E-state index is 12.9. The normalized spacial score (nSPS) is 10.9. The van der Waals surface area contributed by atoms with Gasteiger partial charge in [-0.3, -0.25) is 9.59 Å². The summed E-state index contributed by atoms with van der Waals surface area (Å²) in [4.78, 5) is 30.4. The molecule has 1 amide bonds. The lowest BCUT2D eigenvalue weighted by atomic mass is 10.1. The molecule has 28 heavy (non-hydrogen) atoms. The monoisotopic (exact) mass is 399 g/mol. The van der Waals surface area contributed by atoms with Crippen molar-refractivity contribution >= 4 is 34.2 Å². The van der Waals surface area contributed by atoms with E-state index in [4.69, 9.17) is 16.3 Å². The van der Waals surface area contributed by atoms with Crippen molar-refractivity contribution in [1.29, 1.82) is 0 Å². The Morgan fingerprint density at radius 1 is 1.29 bits per heavy atom. The molecule has 0 aliphatic rings. The van der Waals surface area contributed by atoms with Gasteiger partial charge in [0.1, 0.15) is 17.0 Å². The van der Waals surface area contributed by atoms with E-state index in [1.165, 1.54) is 7.11 Å². The lowest BCUT2D eigenvalue weighted by Crippen LogP contribution is -2.24. The second-order valence-electron chi connectivity index (χ2n) is 6.64. The molecule has 0 unspecified atom stereocenters. The third-order valence-corrected chi connectivity index (χ3v) is 4.91. The van der Waals surface area contributed by atoms with Crippen LogP contribution in [-0.2, 0) is 6.54 Å². The van der Waals surface area contributed by atoms with Gasteiger partial charge in [0.25, 0.3) is 5.91 Å². The molecule has 0 radical (unpaired) electrons. The lowest BCUT2D eigenvalue weighted by molar-refractivity contribution is 0.102. The van der Waals surface area contributed by atoms with E-state index in [1.54, 1.807) is 30.5 Å². The molecule has 2 heterocycles. The Labute approximate surface area is 168 Å². The molecule has 0 spiro atoms. The number of nitrogens with one attached hydrogen (secondary N) is 1. The minimum absolute atomic E-state index is 0.0567. The fourth-order valence-corrected chi connectivity index (χ4v) is 3.21. The van der Waals surface area contributed by atoms with Crippen LogP contribution in [0.4, 0.5) is 5.69 Å². The summed E-state index contributed by atoms with van der Waals surface area (Å²) in [7, 11) is 1.49. The van der Waals surface area contributed by atoms with Crippen LogP contribution in [0.5, 0.6) is 5.75 Å². The molecule has 0 saturated heterocycles. The Kier molecular flexibility index (Phi) is 5.70. The molecule has 6 nitrogen and oxygen atoms in total. The van der Waals surface area contributed by atoms with Crippen LogP contribution < -0.4 is 15.5 Å². The summed E-state index contributed by atoms with van der Waals surface area (Å²) in [6.45, 7) is 6.38. The molecule has 7 heteroatoms. The Hall–Kier alpha value is -2.86. The van der Waals surface area contributed by atoms with E-state index in [0.29, 0.717) is 34.0 Å². The number of hydrogen-bond donors (Lipinski definition) is 1. The van der Waals surface area contributed by atoms with E-state index in [0.717, 1.165) is 17.7 Å². The van der Waals surface area contributed by atoms with Gasteiger partial charge in [0.15, 0.2) is 0 Å². The van der Waals surface area contributed by atoms with E-state index in [-0.39, 0.29) is 11.0 Å². The largest absolute Gasteiger partial charge is 0.495 e. The molecule has 1 aromatic carbocycles. The standard InChI is InChI=1S/C21H22ClN3O3/c1-5-8-25-11-15(19(26)14-7-6-13(3)23-20(14)25)21(27)24-17-9-12(2)16(22)10-18(17)28-4/h6-7,9-11H,5,8H2,1-4H3,(H,24,27). The van der Waals surface area contributed by atoms with Crippen molar-refractivity contribution in [2.75, 3.05) is 12.4 Å². The van der Waals surface area contributed by atoms with Crippen LogP contribution >= 0.6 is 11.6 Å². The third-order valence-electron chi connectivity index (χ3n) is 4.50. The topological polar surface area (TPSA) is 73.2 Å². The number of methoxy groups -OCH3 is 1. The number of anilines is 1. The molecule has 0 bridgehead atoms. The summed E-state index contributed by atoms with van der Waals surface area (Å²) in [6, 6.07) is 6.84. The highest BCUT2D eigenvalue weighted by atomic mass is 35.5. The molecule has 3 rings (SSSR count). The van der Waals surface area contributed by atoms with E-state index in [9.17, 15) is 9.59 Å². The van der Waals surface area contributed by atoms with E-state index < -0.39 is 5.91 Å². The van der Waals surface area contributed by atoms with Crippen LogP contribution in [0.15, 0.2) is 35.3 Å². The van der Waals surface area contributed by atoms with Gasteiger partial charge in [0, 0.05) is 29.5 Å². The molecule has 1 N–H and O–H groups in total. The van der Waals surface area contributed by atoms with Gasteiger partial charge in [-0.25, -0.2) is 4.98 Å². The first-order chi connectivity index (χ1) is 13.3. The van der Waals surface area contributed by atoms with Gasteiger partial charge in [0.05, 0.1) is 18.2 Å². The van der Waals surface area contributed by atoms with Gasteiger partial charge in [0.2, 0.25) is 5.43 Å². The van der Waals surface area contributed by atoms with Crippen molar-refractivity contribution in [3.63, 3.8) is 0 Å². The molecule has 3 aromatic rings. The number of halogens is 1. The van der Waals surface area contributed by atoms with Crippen LogP contribution in [0.3, 0.4) is 0 Å². The van der Waals surface area contributed by atoms with Gasteiger partial charge in [-0.05, 0) is 44.0 Å². The van der Waals surface area contributed by atoms with Crippen molar-refractivity contribution < 1.29 is 9.53 Å². The number of aromatic nitrogens is 2. The van der Waals surface area contributed by atoms with Crippen molar-refractivity contribution in [1.82, 2.24) is 9.55 Å². The number of amides is 1. The average Bonchev–Trinajstić information content (AvgIpc) is 2.66. The molecule has 0 aliphatic heterocycles. The zero-order chi connectivity index (χ0) is 20.4. The highest BCUT2D eigenvalue weighted by Gasteiger charge is 2.18. The summed E-state index contributed by atoms with van der Waals surface area (Å²) in [6.07, 6.45) is 2.42. The van der Waals surface area contributed by atoms with Gasteiger partial charge < -0.3 is 14.6 Å². The number of aryl methyl sites for hydroxylation is 3. The Balaban J connectivity index is 2.10. The van der Waals surface area contributed by atoms with E-state index in [2.05, 4.69) is 10.3 Å². The number of ether oxygens (including phenoxy) is 1. The number of carbonyl (C=O) groups is 1. The number of nitrogens with zero attached hydrogens (tertiary/aromatic N) is 2. The summed E-state index contributed by atoms with van der Waals surface area (Å²) in [5.74, 6) is -0.0757. The van der Waals surface area contributed by atoms with Gasteiger partial charge in [-0.1, -0.05) is 18.5 Å². The Morgan fingerprint density at radius 3 is 2.71 bits per heavy atom. The highest BCUT2D eigenvalue weighted by Crippen LogP contribution is 2.31. The summed E-state index contributed by atoms with van der Waals surface area (Å²) >= 11 is 6.12. The first-order valence-corrected chi connectivity index (χ1v) is 9.39. The zero-order valence-electron chi connectivity index (χ0n) is 16.3. The van der Waals surface area contributed by atoms with E-state index >= 15 is 0 Å². The number of benzene rings is 1. The average molecular weight is 400 g/mol. The second-order valence-corrected chi connectivity index (χ2v) is 7.05. The summed E-state index contributed by atoms with van der Waals surface area (Å²) in [5, 5.41) is 3.73. The summed E-state index contributed by atoms with van der Waals surface area (Å²) < 4.78 is 7.15. The van der Waals surface area contributed by atoms with Crippen LogP contribution in [0.2, 0.25) is 5.02 Å². The Bertz CT molecular complexity index is 1120. The van der Waals surface area contributed by atoms with Crippen LogP contribution in [0.25, 0.3) is 11.0 Å². The SMILES string of the molecule is CCCn1cc(C(=O)Nc2cc(C)c(Cl)cc2OC)c(=O)c2ccc(C)nc21. The van der Waals surface area contributed by atoms with Crippen LogP contribution in [0.1, 0.15) is 35.0 Å². The number of pyridine rings is 2. The number of rotatable bonds is 5. The maximum Gasteiger partial charge on any atom is 0.261 e. The van der Waals surface area contributed by atoms with Crippen LogP contribution in [0, 0.1) is 13.8 Å². The van der Waals surface area contributed by atoms with Gasteiger partial charge >= 0.3 is 0 Å². The smallest absolute Gasteiger partial charge is 0.261 e. The van der Waals surface area contributed by atoms with Crippen molar-refractivity contribution in [3.8, 4) is 5.75 Å². The molecule has 0 atom stereocenters. The zero-order valence-corrected chi connectivity index (χ0v) is 17.1. The fourth-order valence-electron chi connectivity index (χ4n) is 3.05. The minimum atomic E-state index is -0.502. The quantitative estimate of drug-likeness (QED) is 0.692. The highest BCUT2D eigenvalue weighted by molar-refractivity contribution is 6.31. The van der Waals surface area contributed by atoms with Crippen molar-refractivity contribution in [2.24, 2.45) is 0 Å². The maximum absolute atomic E-state index is 12.9. The molecule has 0 saturated carbocycles. The third kappa shape index (κ3) is 3.73. The summed E-state index contributed by atoms with van der Waals surface area (Å²) in [5.41, 5.74) is 2.36. The fraction of sp³-hybridized carbons (Fsp3) is 0.286. The molecule has 0 aliphatic carbocycles. The number of hydrogen-bond acceptors (Lipinski definition) is 4. The molecular formula is C21H22ClN3O3. The molecule has 0 fully saturated rings. The van der Waals surface area contributed by atoms with Crippen LogP contribution in [-0.4, -0.2) is 22.6 Å². The number of carbonyl (C=O) groups excluding carboxylic acids is 1. The van der Waals surface area contributed by atoms with Crippen molar-refractivity contribution in [3.05, 3.63) is 62.5 Å². The minimum Gasteiger partial charge on any atom is -0.495 e. The predicted octanol–water partition coefficient (Wildman–Crippen LogP) is 4.34. The first kappa shape index (κ1) is 19.9. The lowest BCUT2D eigenvalue weighted by Gasteiger charge is -2.14. The molecule has 146 valence electrons. The van der Waals surface area contributed by atoms with E-state index in [1.807, 2.05) is 25.3 Å². The number of fused-ring (bicyclic) bond motifs is 1. The predicted molar refractivity (Wildman–Crippen MR) is 112 cm³/mol. The second kappa shape index (κ2) is 8.02. The first-order valence-electron chi connectivity index (χ1n) is 9.02. The van der Waals surface area contributed by atoms with Gasteiger partial charge in [-0.15, -0.1) is 0 Å². The van der Waals surface area contributed by atoms with Crippen molar-refractivity contribution in [2.45, 2.75) is 33.7 Å². The molecule has 2 aromatic heterocycles.